The van der Waals surface area contributed by atoms with E-state index in [1.54, 1.807) is 40.5 Å². The van der Waals surface area contributed by atoms with Crippen LogP contribution in [-0.2, 0) is 11.2 Å². The van der Waals surface area contributed by atoms with Crippen molar-refractivity contribution in [2.45, 2.75) is 26.3 Å². The van der Waals surface area contributed by atoms with Crippen molar-refractivity contribution >= 4 is 34.8 Å². The lowest BCUT2D eigenvalue weighted by Crippen LogP contribution is -2.48. The van der Waals surface area contributed by atoms with Crippen LogP contribution >= 0.6 is 22.9 Å². The highest BCUT2D eigenvalue weighted by molar-refractivity contribution is 7.10. The third-order valence-electron chi connectivity index (χ3n) is 5.57. The molecule has 0 spiro atoms. The first-order valence-corrected chi connectivity index (χ1v) is 12.2. The summed E-state index contributed by atoms with van der Waals surface area (Å²) in [5, 5.41) is 2.70. The molecule has 2 amide bonds. The molecule has 33 heavy (non-hydrogen) atoms. The SMILES string of the molecule is CC(C)CN(CC(=O)N1CCc2sccc2[C@H]1COc1ccc(Cl)cc1)C(=O)c1ccco1. The summed E-state index contributed by atoms with van der Waals surface area (Å²) in [7, 11) is 0. The van der Waals surface area contributed by atoms with E-state index >= 15 is 0 Å². The summed E-state index contributed by atoms with van der Waals surface area (Å²) in [5.41, 5.74) is 1.11. The van der Waals surface area contributed by atoms with E-state index in [-0.39, 0.29) is 36.1 Å². The topological polar surface area (TPSA) is 63.0 Å². The molecule has 0 N–H and O–H groups in total. The van der Waals surface area contributed by atoms with E-state index in [1.165, 1.54) is 11.1 Å². The number of hydrogen-bond donors (Lipinski definition) is 0. The molecule has 8 heteroatoms. The second-order valence-corrected chi connectivity index (χ2v) is 9.91. The van der Waals surface area contributed by atoms with Crippen molar-refractivity contribution in [3.63, 3.8) is 0 Å². The molecule has 1 aliphatic rings. The smallest absolute Gasteiger partial charge is 0.290 e. The van der Waals surface area contributed by atoms with Crippen LogP contribution in [0.2, 0.25) is 5.02 Å². The Morgan fingerprint density at radius 2 is 2.03 bits per heavy atom. The predicted molar refractivity (Wildman–Crippen MR) is 129 cm³/mol. The van der Waals surface area contributed by atoms with Crippen molar-refractivity contribution in [3.05, 3.63) is 75.3 Å². The van der Waals surface area contributed by atoms with Crippen LogP contribution in [-0.4, -0.2) is 47.9 Å². The van der Waals surface area contributed by atoms with Gasteiger partial charge in [0.15, 0.2) is 5.76 Å². The fourth-order valence-corrected chi connectivity index (χ4v) is 5.11. The van der Waals surface area contributed by atoms with Crippen LogP contribution in [0.1, 0.15) is 40.9 Å². The van der Waals surface area contributed by atoms with E-state index in [2.05, 4.69) is 11.4 Å². The van der Waals surface area contributed by atoms with Gasteiger partial charge >= 0.3 is 0 Å². The van der Waals surface area contributed by atoms with Crippen LogP contribution in [0, 0.1) is 5.92 Å². The average molecular weight is 487 g/mol. The van der Waals surface area contributed by atoms with Crippen LogP contribution < -0.4 is 4.74 Å². The van der Waals surface area contributed by atoms with Crippen molar-refractivity contribution in [1.29, 1.82) is 0 Å². The molecule has 3 heterocycles. The van der Waals surface area contributed by atoms with Crippen LogP contribution in [0.25, 0.3) is 0 Å². The van der Waals surface area contributed by atoms with E-state index in [0.717, 1.165) is 12.0 Å². The van der Waals surface area contributed by atoms with Gasteiger partial charge in [-0.3, -0.25) is 9.59 Å². The van der Waals surface area contributed by atoms with Gasteiger partial charge < -0.3 is 19.0 Å². The average Bonchev–Trinajstić information content (AvgIpc) is 3.49. The Bertz CT molecular complexity index is 1080. The molecule has 2 aromatic heterocycles. The summed E-state index contributed by atoms with van der Waals surface area (Å²) >= 11 is 7.68. The summed E-state index contributed by atoms with van der Waals surface area (Å²) < 4.78 is 11.3. The Kier molecular flexibility index (Phi) is 7.40. The van der Waals surface area contributed by atoms with Crippen molar-refractivity contribution in [2.24, 2.45) is 5.92 Å². The number of fused-ring (bicyclic) bond motifs is 1. The summed E-state index contributed by atoms with van der Waals surface area (Å²) in [5.74, 6) is 0.778. The van der Waals surface area contributed by atoms with Gasteiger partial charge in [-0.05, 0) is 65.7 Å². The minimum atomic E-state index is -0.274. The number of benzene rings is 1. The second-order valence-electron chi connectivity index (χ2n) is 8.47. The van der Waals surface area contributed by atoms with E-state index in [1.807, 2.05) is 30.9 Å². The molecule has 0 radical (unpaired) electrons. The summed E-state index contributed by atoms with van der Waals surface area (Å²) in [6.45, 7) is 5.42. The Morgan fingerprint density at radius 1 is 1.24 bits per heavy atom. The molecule has 0 saturated carbocycles. The Balaban J connectivity index is 1.52. The molecule has 0 unspecified atom stereocenters. The Hall–Kier alpha value is -2.77. The lowest BCUT2D eigenvalue weighted by atomic mass is 10.0. The third-order valence-corrected chi connectivity index (χ3v) is 6.82. The molecular weight excluding hydrogens is 460 g/mol. The van der Waals surface area contributed by atoms with Crippen molar-refractivity contribution in [1.82, 2.24) is 9.80 Å². The number of carbonyl (C=O) groups is 2. The summed E-state index contributed by atoms with van der Waals surface area (Å²) in [6, 6.07) is 12.3. The van der Waals surface area contributed by atoms with Crippen LogP contribution in [0.5, 0.6) is 5.75 Å². The van der Waals surface area contributed by atoms with Crippen LogP contribution in [0.3, 0.4) is 0 Å². The molecule has 1 atom stereocenters. The highest BCUT2D eigenvalue weighted by Gasteiger charge is 2.34. The zero-order valence-electron chi connectivity index (χ0n) is 18.7. The Morgan fingerprint density at radius 3 is 2.73 bits per heavy atom. The molecule has 0 saturated heterocycles. The van der Waals surface area contributed by atoms with Gasteiger partial charge in [-0.25, -0.2) is 0 Å². The first-order valence-electron chi connectivity index (χ1n) is 11.0. The van der Waals surface area contributed by atoms with Crippen molar-refractivity contribution in [3.8, 4) is 5.75 Å². The molecule has 0 fully saturated rings. The van der Waals surface area contributed by atoms with E-state index in [0.29, 0.717) is 30.5 Å². The van der Waals surface area contributed by atoms with Gasteiger partial charge in [0.05, 0.1) is 12.3 Å². The minimum Gasteiger partial charge on any atom is -0.491 e. The van der Waals surface area contributed by atoms with Gasteiger partial charge in [-0.2, -0.15) is 0 Å². The molecule has 0 bridgehead atoms. The normalized spacial score (nSPS) is 15.4. The zero-order chi connectivity index (χ0) is 23.4. The number of ether oxygens (including phenoxy) is 1. The molecule has 1 aliphatic heterocycles. The molecule has 0 aliphatic carbocycles. The second kappa shape index (κ2) is 10.4. The monoisotopic (exact) mass is 486 g/mol. The highest BCUT2D eigenvalue weighted by atomic mass is 35.5. The first kappa shape index (κ1) is 23.4. The first-order chi connectivity index (χ1) is 15.9. The highest BCUT2D eigenvalue weighted by Crippen LogP contribution is 2.34. The maximum Gasteiger partial charge on any atom is 0.290 e. The van der Waals surface area contributed by atoms with E-state index < -0.39 is 0 Å². The van der Waals surface area contributed by atoms with Gasteiger partial charge in [-0.15, -0.1) is 11.3 Å². The maximum atomic E-state index is 13.5. The predicted octanol–water partition coefficient (Wildman–Crippen LogP) is 5.30. The number of furan rings is 1. The number of carbonyl (C=O) groups excluding carboxylic acids is 2. The van der Waals surface area contributed by atoms with Crippen molar-refractivity contribution in [2.75, 3.05) is 26.2 Å². The lowest BCUT2D eigenvalue weighted by Gasteiger charge is -2.37. The summed E-state index contributed by atoms with van der Waals surface area (Å²) in [6.07, 6.45) is 2.27. The molecule has 3 aromatic rings. The third kappa shape index (κ3) is 5.60. The number of nitrogens with zero attached hydrogens (tertiary/aromatic N) is 2. The minimum absolute atomic E-state index is 0.00533. The molecule has 1 aromatic carbocycles. The fourth-order valence-electron chi connectivity index (χ4n) is 4.05. The fraction of sp³-hybridized carbons (Fsp3) is 0.360. The van der Waals surface area contributed by atoms with E-state index in [9.17, 15) is 9.59 Å². The summed E-state index contributed by atoms with van der Waals surface area (Å²) in [4.78, 5) is 31.1. The van der Waals surface area contributed by atoms with Gasteiger partial charge in [-0.1, -0.05) is 25.4 Å². The van der Waals surface area contributed by atoms with E-state index in [4.69, 9.17) is 20.8 Å². The number of thiophene rings is 1. The maximum absolute atomic E-state index is 13.5. The number of hydrogen-bond acceptors (Lipinski definition) is 5. The van der Waals surface area contributed by atoms with Gasteiger partial charge in [0.2, 0.25) is 5.91 Å². The largest absolute Gasteiger partial charge is 0.491 e. The van der Waals surface area contributed by atoms with Gasteiger partial charge in [0.25, 0.3) is 5.91 Å². The van der Waals surface area contributed by atoms with Gasteiger partial charge in [0.1, 0.15) is 18.9 Å². The Labute approximate surface area is 202 Å². The van der Waals surface area contributed by atoms with Crippen LogP contribution in [0.15, 0.2) is 58.5 Å². The quantitative estimate of drug-likeness (QED) is 0.433. The number of rotatable bonds is 8. The number of amides is 2. The molecule has 4 rings (SSSR count). The van der Waals surface area contributed by atoms with Gasteiger partial charge in [0, 0.05) is 23.0 Å². The standard InChI is InChI=1S/C25H27ClN2O4S/c1-17(2)14-27(25(30)22-4-3-12-31-22)15-24(29)28-11-9-23-20(10-13-33-23)21(28)16-32-19-7-5-18(26)6-8-19/h3-8,10,12-13,17,21H,9,11,14-16H2,1-2H3/t21-/m1/s1. The van der Waals surface area contributed by atoms with Crippen LogP contribution in [0.4, 0.5) is 0 Å². The zero-order valence-corrected chi connectivity index (χ0v) is 20.3. The lowest BCUT2D eigenvalue weighted by molar-refractivity contribution is -0.135. The molecule has 174 valence electrons. The van der Waals surface area contributed by atoms with Crippen molar-refractivity contribution < 1.29 is 18.7 Å². The number of halogens is 1. The molecular formula is C25H27ClN2O4S. The molecule has 6 nitrogen and oxygen atoms in total.